The van der Waals surface area contributed by atoms with Crippen molar-refractivity contribution in [3.63, 3.8) is 0 Å². The Balaban J connectivity index is 1.53. The smallest absolute Gasteiger partial charge is 0.265 e. The van der Waals surface area contributed by atoms with Crippen LogP contribution in [0.5, 0.6) is 11.5 Å². The van der Waals surface area contributed by atoms with E-state index in [1.807, 2.05) is 25.1 Å². The van der Waals surface area contributed by atoms with Crippen molar-refractivity contribution >= 4 is 32.4 Å². The van der Waals surface area contributed by atoms with Crippen LogP contribution in [0, 0.1) is 11.7 Å². The second-order valence-electron chi connectivity index (χ2n) is 9.23. The van der Waals surface area contributed by atoms with Gasteiger partial charge in [0, 0.05) is 12.6 Å². The molecule has 0 radical (unpaired) electrons. The monoisotopic (exact) mass is 550 g/mol. The van der Waals surface area contributed by atoms with Crippen molar-refractivity contribution in [3.05, 3.63) is 96.3 Å². The summed E-state index contributed by atoms with van der Waals surface area (Å²) in [5.74, 6) is -0.708. The third-order valence-electron chi connectivity index (χ3n) is 6.45. The first-order valence-electron chi connectivity index (χ1n) is 12.5. The Morgan fingerprint density at radius 2 is 1.62 bits per heavy atom. The van der Waals surface area contributed by atoms with Gasteiger partial charge in [-0.2, -0.15) is 0 Å². The average Bonchev–Trinajstić information content (AvgIpc) is 2.95. The van der Waals surface area contributed by atoms with Crippen molar-refractivity contribution in [2.45, 2.75) is 18.2 Å². The average molecular weight is 551 g/mol. The predicted octanol–water partition coefficient (Wildman–Crippen LogP) is 5.19. The molecular weight excluding hydrogens is 519 g/mol. The molecule has 1 N–H and O–H groups in total. The highest BCUT2D eigenvalue weighted by Gasteiger charge is 2.30. The first-order chi connectivity index (χ1) is 18.7. The van der Waals surface area contributed by atoms with E-state index in [-0.39, 0.29) is 22.3 Å². The molecule has 0 aliphatic heterocycles. The molecule has 7 nitrogen and oxygen atoms in total. The lowest BCUT2D eigenvalue weighted by molar-refractivity contribution is -0.119. The van der Waals surface area contributed by atoms with Crippen molar-refractivity contribution in [1.29, 1.82) is 0 Å². The van der Waals surface area contributed by atoms with Crippen molar-refractivity contribution < 1.29 is 27.1 Å². The molecule has 4 aromatic carbocycles. The SMILES string of the molecule is COc1ccc(S(=O)(=O)N(CC(=O)NCC(C)Cc2cccc3ccccc23)c2ccccc2F)cc1OC. The van der Waals surface area contributed by atoms with Crippen LogP contribution < -0.4 is 19.1 Å². The van der Waals surface area contributed by atoms with Crippen LogP contribution >= 0.6 is 0 Å². The molecule has 0 aliphatic rings. The van der Waals surface area contributed by atoms with Crippen LogP contribution in [0.1, 0.15) is 12.5 Å². The van der Waals surface area contributed by atoms with Gasteiger partial charge in [0.1, 0.15) is 12.4 Å². The lowest BCUT2D eigenvalue weighted by Crippen LogP contribution is -2.42. The number of ether oxygens (including phenoxy) is 2. The van der Waals surface area contributed by atoms with Crippen LogP contribution in [0.3, 0.4) is 0 Å². The maximum atomic E-state index is 14.8. The number of sulfonamides is 1. The molecule has 0 saturated heterocycles. The maximum absolute atomic E-state index is 14.8. The van der Waals surface area contributed by atoms with Gasteiger partial charge >= 0.3 is 0 Å². The molecule has 0 aliphatic carbocycles. The molecule has 0 spiro atoms. The third-order valence-corrected chi connectivity index (χ3v) is 8.20. The zero-order valence-electron chi connectivity index (χ0n) is 22.1. The zero-order chi connectivity index (χ0) is 28.0. The summed E-state index contributed by atoms with van der Waals surface area (Å²) in [6, 6.07) is 23.7. The van der Waals surface area contributed by atoms with E-state index in [4.69, 9.17) is 9.47 Å². The summed E-state index contributed by atoms with van der Waals surface area (Å²) in [5.41, 5.74) is 0.935. The van der Waals surface area contributed by atoms with Gasteiger partial charge in [-0.05, 0) is 52.9 Å². The van der Waals surface area contributed by atoms with Crippen LogP contribution in [0.2, 0.25) is 0 Å². The Labute approximate surface area is 228 Å². The van der Waals surface area contributed by atoms with Gasteiger partial charge in [0.2, 0.25) is 5.91 Å². The van der Waals surface area contributed by atoms with Crippen LogP contribution in [0.25, 0.3) is 10.8 Å². The Morgan fingerprint density at radius 1 is 0.923 bits per heavy atom. The summed E-state index contributed by atoms with van der Waals surface area (Å²) in [5, 5.41) is 5.13. The molecule has 1 amide bonds. The number of amides is 1. The van der Waals surface area contributed by atoms with Crippen molar-refractivity contribution in [1.82, 2.24) is 5.32 Å². The third kappa shape index (κ3) is 6.31. The maximum Gasteiger partial charge on any atom is 0.265 e. The topological polar surface area (TPSA) is 84.9 Å². The van der Waals surface area contributed by atoms with Gasteiger partial charge in [-0.1, -0.05) is 61.5 Å². The van der Waals surface area contributed by atoms with Gasteiger partial charge in [0.05, 0.1) is 24.8 Å². The number of nitrogens with zero attached hydrogens (tertiary/aromatic N) is 1. The van der Waals surface area contributed by atoms with Gasteiger partial charge in [0.25, 0.3) is 10.0 Å². The fourth-order valence-corrected chi connectivity index (χ4v) is 5.90. The summed E-state index contributed by atoms with van der Waals surface area (Å²) in [6.45, 7) is 1.74. The predicted molar refractivity (Wildman–Crippen MR) is 150 cm³/mol. The van der Waals surface area contributed by atoms with E-state index < -0.39 is 28.3 Å². The number of carbonyl (C=O) groups is 1. The van der Waals surface area contributed by atoms with E-state index in [0.29, 0.717) is 12.3 Å². The molecule has 204 valence electrons. The molecular formula is C30H31FN2O5S. The first-order valence-corrected chi connectivity index (χ1v) is 13.9. The van der Waals surface area contributed by atoms with E-state index in [1.165, 1.54) is 56.2 Å². The minimum Gasteiger partial charge on any atom is -0.493 e. The highest BCUT2D eigenvalue weighted by Crippen LogP contribution is 2.33. The second-order valence-corrected chi connectivity index (χ2v) is 11.1. The number of hydrogen-bond acceptors (Lipinski definition) is 5. The molecule has 0 saturated carbocycles. The molecule has 0 aromatic heterocycles. The first kappa shape index (κ1) is 27.9. The number of carbonyl (C=O) groups excluding carboxylic acids is 1. The molecule has 0 fully saturated rings. The van der Waals surface area contributed by atoms with E-state index >= 15 is 0 Å². The highest BCUT2D eigenvalue weighted by atomic mass is 32.2. The molecule has 39 heavy (non-hydrogen) atoms. The standard InChI is InChI=1S/C30H31FN2O5S/c1-21(17-23-11-8-10-22-9-4-5-12-25(22)23)19-32-30(34)20-33(27-14-7-6-13-26(27)31)39(35,36)24-15-16-28(37-2)29(18-24)38-3/h4-16,18,21H,17,19-20H2,1-3H3,(H,32,34). The fourth-order valence-electron chi connectivity index (χ4n) is 4.45. The van der Waals surface area contributed by atoms with Crippen LogP contribution in [0.15, 0.2) is 89.8 Å². The Hall–Kier alpha value is -4.11. The fraction of sp³-hybridized carbons (Fsp3) is 0.233. The molecule has 1 atom stereocenters. The summed E-state index contributed by atoms with van der Waals surface area (Å²) in [6.07, 6.45) is 0.725. The minimum atomic E-state index is -4.34. The van der Waals surface area contributed by atoms with Gasteiger partial charge in [0.15, 0.2) is 11.5 Å². The van der Waals surface area contributed by atoms with E-state index in [1.54, 1.807) is 0 Å². The Bertz CT molecular complexity index is 1570. The number of benzene rings is 4. The lowest BCUT2D eigenvalue weighted by atomic mass is 9.96. The number of hydrogen-bond donors (Lipinski definition) is 1. The molecule has 4 aromatic rings. The highest BCUT2D eigenvalue weighted by molar-refractivity contribution is 7.92. The molecule has 9 heteroatoms. The lowest BCUT2D eigenvalue weighted by Gasteiger charge is -2.25. The number of anilines is 1. The van der Waals surface area contributed by atoms with Gasteiger partial charge in [-0.3, -0.25) is 9.10 Å². The number of methoxy groups -OCH3 is 2. The molecule has 4 rings (SSSR count). The number of para-hydroxylation sites is 1. The van der Waals surface area contributed by atoms with Crippen LogP contribution in [-0.4, -0.2) is 41.6 Å². The molecule has 0 bridgehead atoms. The number of rotatable bonds is 11. The molecule has 0 heterocycles. The largest absolute Gasteiger partial charge is 0.493 e. The minimum absolute atomic E-state index is 0.0733. The van der Waals surface area contributed by atoms with E-state index in [9.17, 15) is 17.6 Å². The number of nitrogens with one attached hydrogen (secondary N) is 1. The van der Waals surface area contributed by atoms with Gasteiger partial charge in [-0.25, -0.2) is 12.8 Å². The quantitative estimate of drug-likeness (QED) is 0.278. The van der Waals surface area contributed by atoms with Crippen LogP contribution in [0.4, 0.5) is 10.1 Å². The summed E-state index contributed by atoms with van der Waals surface area (Å²) in [4.78, 5) is 12.9. The van der Waals surface area contributed by atoms with Crippen molar-refractivity contribution in [2.75, 3.05) is 31.6 Å². The van der Waals surface area contributed by atoms with Gasteiger partial charge in [-0.15, -0.1) is 0 Å². The van der Waals surface area contributed by atoms with E-state index in [0.717, 1.165) is 27.6 Å². The summed E-state index contributed by atoms with van der Waals surface area (Å²) >= 11 is 0. The summed E-state index contributed by atoms with van der Waals surface area (Å²) < 4.78 is 53.4. The zero-order valence-corrected chi connectivity index (χ0v) is 22.9. The second kappa shape index (κ2) is 12.2. The van der Waals surface area contributed by atoms with E-state index in [2.05, 4.69) is 29.6 Å². The van der Waals surface area contributed by atoms with Crippen molar-refractivity contribution in [2.24, 2.45) is 5.92 Å². The number of fused-ring (bicyclic) bond motifs is 1. The number of halogens is 1. The Kier molecular flexibility index (Phi) is 8.71. The Morgan fingerprint density at radius 3 is 2.36 bits per heavy atom. The van der Waals surface area contributed by atoms with Gasteiger partial charge < -0.3 is 14.8 Å². The summed E-state index contributed by atoms with van der Waals surface area (Å²) in [7, 11) is -1.53. The molecule has 1 unspecified atom stereocenters. The van der Waals surface area contributed by atoms with Crippen LogP contribution in [-0.2, 0) is 21.2 Å². The normalized spacial score (nSPS) is 12.1. The van der Waals surface area contributed by atoms with Crippen molar-refractivity contribution in [3.8, 4) is 11.5 Å².